The van der Waals surface area contributed by atoms with E-state index in [1.54, 1.807) is 19.1 Å². The quantitative estimate of drug-likeness (QED) is 0.770. The molecule has 0 aliphatic carbocycles. The molecule has 0 aromatic carbocycles. The van der Waals surface area contributed by atoms with Gasteiger partial charge in [0.1, 0.15) is 0 Å². The molecule has 2 atom stereocenters. The first-order valence-electron chi connectivity index (χ1n) is 7.80. The lowest BCUT2D eigenvalue weighted by molar-refractivity contribution is -0.188. The third kappa shape index (κ3) is 4.40. The number of piperidine rings is 1. The van der Waals surface area contributed by atoms with Gasteiger partial charge in [-0.05, 0) is 25.0 Å². The van der Waals surface area contributed by atoms with Gasteiger partial charge in [0.2, 0.25) is 5.88 Å². The lowest BCUT2D eigenvalue weighted by Crippen LogP contribution is -2.50. The minimum Gasteiger partial charge on any atom is -0.481 e. The Kier molecular flexibility index (Phi) is 5.86. The highest BCUT2D eigenvalue weighted by molar-refractivity contribution is 5.83. The van der Waals surface area contributed by atoms with Crippen molar-refractivity contribution in [1.82, 2.24) is 9.88 Å². The Labute approximate surface area is 142 Å². The molecule has 1 fully saturated rings. The molecule has 1 aromatic rings. The molecule has 0 saturated carbocycles. The predicted molar refractivity (Wildman–Crippen MR) is 80.9 cm³/mol. The van der Waals surface area contributed by atoms with E-state index in [0.717, 1.165) is 0 Å². The minimum absolute atomic E-state index is 0.0937. The topological polar surface area (TPSA) is 68.7 Å². The zero-order valence-corrected chi connectivity index (χ0v) is 13.9. The number of carbonyl (C=O) groups excluding carboxylic acids is 2. The second-order valence-electron chi connectivity index (χ2n) is 5.63. The number of alkyl halides is 3. The highest BCUT2D eigenvalue weighted by Gasteiger charge is 2.46. The summed E-state index contributed by atoms with van der Waals surface area (Å²) in [6.07, 6.45) is -3.26. The summed E-state index contributed by atoms with van der Waals surface area (Å²) < 4.78 is 48.1. The summed E-state index contributed by atoms with van der Waals surface area (Å²) in [5.74, 6) is -3.48. The standard InChI is InChI=1S/C16H19F3N2O4/c1-3-25-14(22)12-9-21(15(23)16(17,18)19)7-5-11(12)10-4-6-20-13(8-10)24-2/h4,6,8,11-12H,3,5,7,9H2,1-2H3/t11?,12-/m1/s1. The Bertz CT molecular complexity index is 636. The summed E-state index contributed by atoms with van der Waals surface area (Å²) >= 11 is 0. The maximum absolute atomic E-state index is 12.7. The third-order valence-electron chi connectivity index (χ3n) is 4.13. The number of hydrogen-bond acceptors (Lipinski definition) is 5. The fourth-order valence-corrected chi connectivity index (χ4v) is 2.97. The highest BCUT2D eigenvalue weighted by atomic mass is 19.4. The maximum Gasteiger partial charge on any atom is 0.471 e. The summed E-state index contributed by atoms with van der Waals surface area (Å²) in [7, 11) is 1.44. The molecule has 2 heterocycles. The third-order valence-corrected chi connectivity index (χ3v) is 4.13. The number of ether oxygens (including phenoxy) is 2. The van der Waals surface area contributed by atoms with Crippen molar-refractivity contribution in [3.05, 3.63) is 23.9 Å². The number of likely N-dealkylation sites (tertiary alicyclic amines) is 1. The maximum atomic E-state index is 12.7. The highest BCUT2D eigenvalue weighted by Crippen LogP contribution is 2.36. The van der Waals surface area contributed by atoms with Gasteiger partial charge in [-0.3, -0.25) is 9.59 Å². The van der Waals surface area contributed by atoms with E-state index in [2.05, 4.69) is 4.98 Å². The van der Waals surface area contributed by atoms with Crippen molar-refractivity contribution >= 4 is 11.9 Å². The average Bonchev–Trinajstić information content (AvgIpc) is 2.60. The summed E-state index contributed by atoms with van der Waals surface area (Å²) in [5, 5.41) is 0. The monoisotopic (exact) mass is 360 g/mol. The van der Waals surface area contributed by atoms with E-state index in [1.165, 1.54) is 13.3 Å². The number of aromatic nitrogens is 1. The molecule has 1 amide bonds. The number of rotatable bonds is 4. The smallest absolute Gasteiger partial charge is 0.471 e. The van der Waals surface area contributed by atoms with E-state index in [1.807, 2.05) is 0 Å². The molecule has 1 aliphatic rings. The van der Waals surface area contributed by atoms with Crippen molar-refractivity contribution in [1.29, 1.82) is 0 Å². The van der Waals surface area contributed by atoms with Crippen LogP contribution in [0.15, 0.2) is 18.3 Å². The van der Waals surface area contributed by atoms with Gasteiger partial charge in [0, 0.05) is 31.3 Å². The molecule has 0 spiro atoms. The molecule has 1 unspecified atom stereocenters. The fourth-order valence-electron chi connectivity index (χ4n) is 2.97. The molecule has 9 heteroatoms. The Balaban J connectivity index is 2.27. The Morgan fingerprint density at radius 3 is 2.72 bits per heavy atom. The van der Waals surface area contributed by atoms with Gasteiger partial charge in [0.25, 0.3) is 0 Å². The summed E-state index contributed by atoms with van der Waals surface area (Å²) in [5.41, 5.74) is 0.712. The van der Waals surface area contributed by atoms with Crippen LogP contribution in [0.4, 0.5) is 13.2 Å². The van der Waals surface area contributed by atoms with E-state index >= 15 is 0 Å². The molecule has 0 bridgehead atoms. The van der Waals surface area contributed by atoms with Gasteiger partial charge in [-0.15, -0.1) is 0 Å². The normalized spacial score (nSPS) is 20.9. The summed E-state index contributed by atoms with van der Waals surface area (Å²) in [4.78, 5) is 28.4. The van der Waals surface area contributed by atoms with Crippen LogP contribution in [0.1, 0.15) is 24.8 Å². The number of halogens is 3. The molecular weight excluding hydrogens is 341 g/mol. The fraction of sp³-hybridized carbons (Fsp3) is 0.562. The molecular formula is C16H19F3N2O4. The van der Waals surface area contributed by atoms with Gasteiger partial charge >= 0.3 is 18.1 Å². The van der Waals surface area contributed by atoms with Crippen LogP contribution in [0.5, 0.6) is 5.88 Å². The van der Waals surface area contributed by atoms with Gasteiger partial charge in [0.15, 0.2) is 0 Å². The molecule has 25 heavy (non-hydrogen) atoms. The molecule has 0 radical (unpaired) electrons. The number of nitrogens with zero attached hydrogens (tertiary/aromatic N) is 2. The molecule has 1 saturated heterocycles. The van der Waals surface area contributed by atoms with Crippen molar-refractivity contribution in [3.8, 4) is 5.88 Å². The molecule has 6 nitrogen and oxygen atoms in total. The molecule has 1 aromatic heterocycles. The first kappa shape index (κ1) is 19.0. The van der Waals surface area contributed by atoms with E-state index in [4.69, 9.17) is 9.47 Å². The number of pyridine rings is 1. The van der Waals surface area contributed by atoms with Gasteiger partial charge < -0.3 is 14.4 Å². The van der Waals surface area contributed by atoms with Gasteiger partial charge in [-0.25, -0.2) is 4.98 Å². The zero-order valence-electron chi connectivity index (χ0n) is 13.9. The van der Waals surface area contributed by atoms with Crippen LogP contribution in [0.3, 0.4) is 0 Å². The van der Waals surface area contributed by atoms with Crippen molar-refractivity contribution in [2.24, 2.45) is 5.92 Å². The van der Waals surface area contributed by atoms with Crippen LogP contribution in [-0.4, -0.2) is 54.7 Å². The van der Waals surface area contributed by atoms with Gasteiger partial charge in [-0.2, -0.15) is 13.2 Å². The van der Waals surface area contributed by atoms with Crippen molar-refractivity contribution < 1.29 is 32.2 Å². The Morgan fingerprint density at radius 2 is 2.12 bits per heavy atom. The largest absolute Gasteiger partial charge is 0.481 e. The SMILES string of the molecule is CCOC(=O)[C@@H]1CN(C(=O)C(F)(F)F)CCC1c1ccnc(OC)c1. The Hall–Kier alpha value is -2.32. The number of methoxy groups -OCH3 is 1. The van der Waals surface area contributed by atoms with Crippen molar-refractivity contribution in [2.75, 3.05) is 26.8 Å². The number of carbonyl (C=O) groups is 2. The van der Waals surface area contributed by atoms with Crippen LogP contribution < -0.4 is 4.74 Å². The summed E-state index contributed by atoms with van der Waals surface area (Å²) in [6.45, 7) is 1.29. The summed E-state index contributed by atoms with van der Waals surface area (Å²) in [6, 6.07) is 3.32. The number of amides is 1. The van der Waals surface area contributed by atoms with Crippen LogP contribution in [0.2, 0.25) is 0 Å². The average molecular weight is 360 g/mol. The number of esters is 1. The first-order chi connectivity index (χ1) is 11.8. The van der Waals surface area contributed by atoms with E-state index in [0.29, 0.717) is 16.3 Å². The first-order valence-corrected chi connectivity index (χ1v) is 7.80. The van der Waals surface area contributed by atoms with Gasteiger partial charge in [0.05, 0.1) is 19.6 Å². The van der Waals surface area contributed by atoms with Crippen LogP contribution in [-0.2, 0) is 14.3 Å². The lowest BCUT2D eigenvalue weighted by Gasteiger charge is -2.37. The molecule has 0 N–H and O–H groups in total. The van der Waals surface area contributed by atoms with Crippen LogP contribution in [0, 0.1) is 5.92 Å². The lowest BCUT2D eigenvalue weighted by atomic mass is 9.80. The predicted octanol–water partition coefficient (Wildman–Crippen LogP) is 2.15. The Morgan fingerprint density at radius 1 is 1.40 bits per heavy atom. The van der Waals surface area contributed by atoms with Gasteiger partial charge in [-0.1, -0.05) is 0 Å². The van der Waals surface area contributed by atoms with E-state index in [9.17, 15) is 22.8 Å². The molecule has 1 aliphatic heterocycles. The second kappa shape index (κ2) is 7.71. The molecule has 2 rings (SSSR count). The number of hydrogen-bond donors (Lipinski definition) is 0. The minimum atomic E-state index is -4.97. The van der Waals surface area contributed by atoms with E-state index < -0.39 is 24.0 Å². The molecule has 138 valence electrons. The van der Waals surface area contributed by atoms with Crippen LogP contribution in [0.25, 0.3) is 0 Å². The second-order valence-corrected chi connectivity index (χ2v) is 5.63. The van der Waals surface area contributed by atoms with E-state index in [-0.39, 0.29) is 32.0 Å². The zero-order chi connectivity index (χ0) is 18.6. The van der Waals surface area contributed by atoms with Crippen molar-refractivity contribution in [3.63, 3.8) is 0 Å². The van der Waals surface area contributed by atoms with Crippen molar-refractivity contribution in [2.45, 2.75) is 25.4 Å². The van der Waals surface area contributed by atoms with Crippen LogP contribution >= 0.6 is 0 Å².